The maximum Gasteiger partial charge on any atom is 0.407 e. The van der Waals surface area contributed by atoms with Crippen LogP contribution in [0.3, 0.4) is 0 Å². The average Bonchev–Trinajstić information content (AvgIpc) is 2.86. The molecular weight excluding hydrogens is 448 g/mol. The Hall–Kier alpha value is -4.20. The zero-order valence-corrected chi connectivity index (χ0v) is 19.7. The highest BCUT2D eigenvalue weighted by Gasteiger charge is 2.23. The van der Waals surface area contributed by atoms with Crippen molar-refractivity contribution in [2.45, 2.75) is 32.3 Å². The number of nitro benzene ring substituents is 1. The molecule has 8 nitrogen and oxygen atoms in total. The molecule has 0 saturated heterocycles. The van der Waals surface area contributed by atoms with Crippen LogP contribution >= 0.6 is 0 Å². The number of ether oxygens (including phenoxy) is 2. The second kappa shape index (κ2) is 11.8. The number of amides is 1. The summed E-state index contributed by atoms with van der Waals surface area (Å²) < 4.78 is 10.6. The van der Waals surface area contributed by atoms with E-state index in [2.05, 4.69) is 5.32 Å². The molecule has 0 heterocycles. The molecule has 0 unspecified atom stereocenters. The molecule has 3 aromatic carbocycles. The SMILES string of the molecule is CC(C)(CCc1ccccc1)OC(=O)NCCOC(=O)c1ccc(-c2ccccc2)c([N+](=O)[O-])c1. The summed E-state index contributed by atoms with van der Waals surface area (Å²) >= 11 is 0. The van der Waals surface area contributed by atoms with Crippen LogP contribution in [-0.4, -0.2) is 35.7 Å². The van der Waals surface area contributed by atoms with Crippen LogP contribution in [0.15, 0.2) is 78.9 Å². The normalized spacial score (nSPS) is 10.9. The molecule has 3 rings (SSSR count). The van der Waals surface area contributed by atoms with Gasteiger partial charge in [-0.25, -0.2) is 9.59 Å². The second-order valence-electron chi connectivity index (χ2n) is 8.55. The molecule has 0 aromatic heterocycles. The van der Waals surface area contributed by atoms with E-state index in [9.17, 15) is 19.7 Å². The van der Waals surface area contributed by atoms with Crippen LogP contribution in [0.4, 0.5) is 10.5 Å². The number of nitrogens with zero attached hydrogens (tertiary/aromatic N) is 1. The number of carbonyl (C=O) groups is 2. The molecule has 0 bridgehead atoms. The fraction of sp³-hybridized carbons (Fsp3) is 0.259. The molecule has 1 N–H and O–H groups in total. The summed E-state index contributed by atoms with van der Waals surface area (Å²) in [7, 11) is 0. The van der Waals surface area contributed by atoms with E-state index < -0.39 is 22.6 Å². The number of carbonyl (C=O) groups excluding carboxylic acids is 2. The largest absolute Gasteiger partial charge is 0.460 e. The van der Waals surface area contributed by atoms with Crippen molar-refractivity contribution in [1.29, 1.82) is 0 Å². The van der Waals surface area contributed by atoms with Crippen molar-refractivity contribution in [2.24, 2.45) is 0 Å². The van der Waals surface area contributed by atoms with E-state index >= 15 is 0 Å². The molecule has 0 aliphatic carbocycles. The Bertz CT molecular complexity index is 1160. The Balaban J connectivity index is 1.47. The lowest BCUT2D eigenvalue weighted by Gasteiger charge is -2.25. The van der Waals surface area contributed by atoms with Crippen LogP contribution in [0.5, 0.6) is 0 Å². The number of benzene rings is 3. The molecule has 3 aromatic rings. The molecule has 35 heavy (non-hydrogen) atoms. The van der Waals surface area contributed by atoms with Crippen molar-refractivity contribution in [1.82, 2.24) is 5.32 Å². The molecule has 0 spiro atoms. The van der Waals surface area contributed by atoms with Gasteiger partial charge in [0.05, 0.1) is 22.6 Å². The van der Waals surface area contributed by atoms with E-state index in [0.717, 1.165) is 12.0 Å². The number of rotatable bonds is 10. The summed E-state index contributed by atoms with van der Waals surface area (Å²) in [5, 5.41) is 14.1. The first-order chi connectivity index (χ1) is 16.7. The van der Waals surface area contributed by atoms with Gasteiger partial charge < -0.3 is 14.8 Å². The van der Waals surface area contributed by atoms with Crippen LogP contribution in [-0.2, 0) is 15.9 Å². The maximum atomic E-state index is 12.4. The van der Waals surface area contributed by atoms with Gasteiger partial charge in [0.25, 0.3) is 5.69 Å². The summed E-state index contributed by atoms with van der Waals surface area (Å²) in [4.78, 5) is 35.5. The van der Waals surface area contributed by atoms with Crippen molar-refractivity contribution in [3.63, 3.8) is 0 Å². The molecule has 8 heteroatoms. The molecule has 1 amide bonds. The third kappa shape index (κ3) is 7.67. The zero-order chi connectivity index (χ0) is 25.3. The van der Waals surface area contributed by atoms with Gasteiger partial charge in [0.1, 0.15) is 12.2 Å². The van der Waals surface area contributed by atoms with Crippen molar-refractivity contribution in [3.05, 3.63) is 100 Å². The van der Waals surface area contributed by atoms with Gasteiger partial charge in [0.2, 0.25) is 0 Å². The minimum atomic E-state index is -0.717. The van der Waals surface area contributed by atoms with Crippen LogP contribution in [0, 0.1) is 10.1 Å². The molecule has 0 fully saturated rings. The predicted octanol–water partition coefficient (Wildman–Crippen LogP) is 5.56. The van der Waals surface area contributed by atoms with E-state index in [1.165, 1.54) is 18.2 Å². The fourth-order valence-corrected chi connectivity index (χ4v) is 3.48. The van der Waals surface area contributed by atoms with Crippen LogP contribution < -0.4 is 5.32 Å². The van der Waals surface area contributed by atoms with Gasteiger partial charge in [0, 0.05) is 6.07 Å². The first-order valence-corrected chi connectivity index (χ1v) is 11.3. The number of esters is 1. The molecular formula is C27H28N2O6. The third-order valence-corrected chi connectivity index (χ3v) is 5.35. The van der Waals surface area contributed by atoms with Crippen molar-refractivity contribution < 1.29 is 24.0 Å². The zero-order valence-electron chi connectivity index (χ0n) is 19.7. The van der Waals surface area contributed by atoms with E-state index in [-0.39, 0.29) is 24.4 Å². The number of hydrogen-bond acceptors (Lipinski definition) is 6. The Morgan fingerprint density at radius 2 is 1.63 bits per heavy atom. The molecule has 182 valence electrons. The minimum absolute atomic E-state index is 0.0452. The lowest BCUT2D eigenvalue weighted by atomic mass is 9.99. The van der Waals surface area contributed by atoms with E-state index in [0.29, 0.717) is 17.5 Å². The first kappa shape index (κ1) is 25.4. The fourth-order valence-electron chi connectivity index (χ4n) is 3.48. The van der Waals surface area contributed by atoms with Gasteiger partial charge in [-0.05, 0) is 49.9 Å². The van der Waals surface area contributed by atoms with Gasteiger partial charge in [-0.1, -0.05) is 60.7 Å². The Kier molecular flexibility index (Phi) is 8.56. The molecule has 0 atom stereocenters. The summed E-state index contributed by atoms with van der Waals surface area (Å²) in [6.07, 6.45) is 0.812. The first-order valence-electron chi connectivity index (χ1n) is 11.3. The third-order valence-electron chi connectivity index (χ3n) is 5.35. The number of nitrogens with one attached hydrogen (secondary N) is 1. The molecule has 0 aliphatic rings. The van der Waals surface area contributed by atoms with Crippen molar-refractivity contribution in [3.8, 4) is 11.1 Å². The average molecular weight is 477 g/mol. The minimum Gasteiger partial charge on any atom is -0.460 e. The van der Waals surface area contributed by atoms with E-state index in [4.69, 9.17) is 9.47 Å². The Morgan fingerprint density at radius 3 is 2.29 bits per heavy atom. The quantitative estimate of drug-likeness (QED) is 0.178. The Labute approximate surface area is 204 Å². The summed E-state index contributed by atoms with van der Waals surface area (Å²) in [6.45, 7) is 3.61. The van der Waals surface area contributed by atoms with Crippen molar-refractivity contribution in [2.75, 3.05) is 13.2 Å². The number of aryl methyl sites for hydroxylation is 1. The number of alkyl carbamates (subject to hydrolysis) is 1. The van der Waals surface area contributed by atoms with Crippen LogP contribution in [0.25, 0.3) is 11.1 Å². The maximum absolute atomic E-state index is 12.4. The van der Waals surface area contributed by atoms with E-state index in [1.54, 1.807) is 24.3 Å². The van der Waals surface area contributed by atoms with E-state index in [1.807, 2.05) is 50.2 Å². The smallest absolute Gasteiger partial charge is 0.407 e. The predicted molar refractivity (Wildman–Crippen MR) is 132 cm³/mol. The lowest BCUT2D eigenvalue weighted by Crippen LogP contribution is -2.36. The van der Waals surface area contributed by atoms with Gasteiger partial charge in [-0.15, -0.1) is 0 Å². The molecule has 0 aliphatic heterocycles. The highest BCUT2D eigenvalue weighted by Crippen LogP contribution is 2.30. The second-order valence-corrected chi connectivity index (χ2v) is 8.55. The van der Waals surface area contributed by atoms with Crippen LogP contribution in [0.1, 0.15) is 36.2 Å². The van der Waals surface area contributed by atoms with Gasteiger partial charge >= 0.3 is 12.1 Å². The van der Waals surface area contributed by atoms with Crippen LogP contribution in [0.2, 0.25) is 0 Å². The topological polar surface area (TPSA) is 108 Å². The number of hydrogen-bond donors (Lipinski definition) is 1. The summed E-state index contributed by atoms with van der Waals surface area (Å²) in [5.41, 5.74) is 1.44. The highest BCUT2D eigenvalue weighted by molar-refractivity contribution is 5.92. The summed E-state index contributed by atoms with van der Waals surface area (Å²) in [5.74, 6) is -0.717. The Morgan fingerprint density at radius 1 is 0.971 bits per heavy atom. The number of nitro groups is 1. The molecule has 0 saturated carbocycles. The summed E-state index contributed by atoms with van der Waals surface area (Å²) in [6, 6.07) is 23.0. The van der Waals surface area contributed by atoms with Crippen molar-refractivity contribution >= 4 is 17.7 Å². The standard InChI is InChI=1S/C27H28N2O6/c1-27(2,16-15-20-9-5-3-6-10-20)35-26(31)28-17-18-34-25(30)22-13-14-23(24(19-22)29(32)33)21-11-7-4-8-12-21/h3-14,19H,15-18H2,1-2H3,(H,28,31). The van der Waals surface area contributed by atoms with Gasteiger partial charge in [0.15, 0.2) is 0 Å². The molecule has 0 radical (unpaired) electrons. The highest BCUT2D eigenvalue weighted by atomic mass is 16.6. The monoisotopic (exact) mass is 476 g/mol. The lowest BCUT2D eigenvalue weighted by molar-refractivity contribution is -0.384. The van der Waals surface area contributed by atoms with Gasteiger partial charge in [-0.3, -0.25) is 10.1 Å². The van der Waals surface area contributed by atoms with Gasteiger partial charge in [-0.2, -0.15) is 0 Å².